The highest BCUT2D eigenvalue weighted by atomic mass is 79.9. The first-order valence-corrected chi connectivity index (χ1v) is 8.81. The van der Waals surface area contributed by atoms with Crippen molar-refractivity contribution in [3.8, 4) is 11.5 Å². The summed E-state index contributed by atoms with van der Waals surface area (Å²) in [6.07, 6.45) is 2.22. The van der Waals surface area contributed by atoms with Crippen molar-refractivity contribution in [2.24, 2.45) is 0 Å². The van der Waals surface area contributed by atoms with Crippen LogP contribution in [0.3, 0.4) is 0 Å². The molecule has 1 saturated heterocycles. The molecule has 7 heteroatoms. The second kappa shape index (κ2) is 6.35. The summed E-state index contributed by atoms with van der Waals surface area (Å²) in [6, 6.07) is 3.56. The minimum Gasteiger partial charge on any atom is -0.490 e. The molecule has 0 unspecified atom stereocenters. The highest BCUT2D eigenvalue weighted by molar-refractivity contribution is 9.10. The molecule has 0 N–H and O–H groups in total. The standard InChI is InChI=1S/C17H21BBrFO4/c1-16(2)17(3,4)24-18(23-16)15(20)9-11-8-13-14(10-12(11)19)22-7-5-6-21-13/h8-10H,5-7H2,1-4H3. The lowest BCUT2D eigenvalue weighted by atomic mass is 9.87. The summed E-state index contributed by atoms with van der Waals surface area (Å²) in [5.41, 5.74) is -0.995. The van der Waals surface area contributed by atoms with Gasteiger partial charge >= 0.3 is 7.12 Å². The predicted molar refractivity (Wildman–Crippen MR) is 94.9 cm³/mol. The number of fused-ring (bicyclic) bond motifs is 1. The Hall–Kier alpha value is -1.05. The van der Waals surface area contributed by atoms with Gasteiger partial charge in [-0.3, -0.25) is 0 Å². The van der Waals surface area contributed by atoms with Gasteiger partial charge < -0.3 is 18.8 Å². The average Bonchev–Trinajstić information content (AvgIpc) is 2.64. The van der Waals surface area contributed by atoms with E-state index < -0.39 is 24.0 Å². The first kappa shape index (κ1) is 17.8. The van der Waals surface area contributed by atoms with Gasteiger partial charge in [0, 0.05) is 10.9 Å². The van der Waals surface area contributed by atoms with Gasteiger partial charge in [0.2, 0.25) is 0 Å². The number of benzene rings is 1. The van der Waals surface area contributed by atoms with Gasteiger partial charge in [0.05, 0.1) is 24.4 Å². The second-order valence-electron chi connectivity index (χ2n) is 6.99. The fraction of sp³-hybridized carbons (Fsp3) is 0.529. The molecule has 0 atom stereocenters. The van der Waals surface area contributed by atoms with Crippen LogP contribution in [-0.2, 0) is 9.31 Å². The molecule has 1 aromatic rings. The van der Waals surface area contributed by atoms with Gasteiger partial charge in [0.25, 0.3) is 0 Å². The van der Waals surface area contributed by atoms with Gasteiger partial charge in [-0.05, 0) is 51.5 Å². The zero-order valence-corrected chi connectivity index (χ0v) is 15.9. The Kier molecular flexibility index (Phi) is 4.70. The molecule has 0 bridgehead atoms. The molecule has 4 nitrogen and oxygen atoms in total. The Balaban J connectivity index is 1.87. The third-order valence-electron chi connectivity index (χ3n) is 4.64. The van der Waals surface area contributed by atoms with E-state index in [4.69, 9.17) is 18.8 Å². The van der Waals surface area contributed by atoms with Crippen molar-refractivity contribution >= 4 is 29.1 Å². The number of hydrogen-bond acceptors (Lipinski definition) is 4. The summed E-state index contributed by atoms with van der Waals surface area (Å²) in [7, 11) is -1.02. The third kappa shape index (κ3) is 3.34. The molecule has 2 aliphatic rings. The van der Waals surface area contributed by atoms with Crippen molar-refractivity contribution in [1.82, 2.24) is 0 Å². The number of hydrogen-bond donors (Lipinski definition) is 0. The van der Waals surface area contributed by atoms with Gasteiger partial charge in [0.15, 0.2) is 11.5 Å². The first-order chi connectivity index (χ1) is 11.2. The fourth-order valence-corrected chi connectivity index (χ4v) is 2.92. The van der Waals surface area contributed by atoms with Crippen molar-refractivity contribution in [3.05, 3.63) is 27.9 Å². The predicted octanol–water partition coefficient (Wildman–Crippen LogP) is 4.55. The van der Waals surface area contributed by atoms with Gasteiger partial charge in [-0.25, -0.2) is 4.39 Å². The van der Waals surface area contributed by atoms with Crippen LogP contribution in [0, 0.1) is 0 Å². The Bertz CT molecular complexity index is 659. The zero-order chi connectivity index (χ0) is 17.5. The van der Waals surface area contributed by atoms with Gasteiger partial charge in [-0.15, -0.1) is 0 Å². The Labute approximate surface area is 150 Å². The molecule has 0 radical (unpaired) electrons. The molecular weight excluding hydrogens is 378 g/mol. The number of rotatable bonds is 2. The van der Waals surface area contributed by atoms with E-state index in [0.717, 1.165) is 10.9 Å². The molecule has 24 heavy (non-hydrogen) atoms. The van der Waals surface area contributed by atoms with Crippen LogP contribution in [0.4, 0.5) is 4.39 Å². The summed E-state index contributed by atoms with van der Waals surface area (Å²) in [5.74, 6) is 1.27. The molecule has 0 amide bonds. The lowest BCUT2D eigenvalue weighted by molar-refractivity contribution is 0.00578. The summed E-state index contributed by atoms with van der Waals surface area (Å²) in [5, 5.41) is 0. The van der Waals surface area contributed by atoms with Crippen molar-refractivity contribution in [2.75, 3.05) is 13.2 Å². The van der Waals surface area contributed by atoms with Crippen LogP contribution >= 0.6 is 15.9 Å². The number of ether oxygens (including phenoxy) is 2. The monoisotopic (exact) mass is 398 g/mol. The largest absolute Gasteiger partial charge is 0.525 e. The van der Waals surface area contributed by atoms with Crippen LogP contribution in [-0.4, -0.2) is 31.5 Å². The minimum absolute atomic E-state index is 0.483. The summed E-state index contributed by atoms with van der Waals surface area (Å²) < 4.78 is 38.2. The highest BCUT2D eigenvalue weighted by Gasteiger charge is 2.53. The van der Waals surface area contributed by atoms with E-state index in [0.29, 0.717) is 30.3 Å². The Morgan fingerprint density at radius 1 is 1.08 bits per heavy atom. The first-order valence-electron chi connectivity index (χ1n) is 8.01. The maximum absolute atomic E-state index is 14.7. The zero-order valence-electron chi connectivity index (χ0n) is 14.3. The van der Waals surface area contributed by atoms with E-state index in [1.54, 1.807) is 12.1 Å². The van der Waals surface area contributed by atoms with Crippen molar-refractivity contribution in [1.29, 1.82) is 0 Å². The third-order valence-corrected chi connectivity index (χ3v) is 5.33. The molecule has 0 aromatic heterocycles. The maximum Gasteiger partial charge on any atom is 0.525 e. The van der Waals surface area contributed by atoms with E-state index >= 15 is 0 Å². The summed E-state index contributed by atoms with van der Waals surface area (Å²) in [4.78, 5) is 0. The van der Waals surface area contributed by atoms with Gasteiger partial charge in [-0.2, -0.15) is 0 Å². The summed E-state index contributed by atoms with van der Waals surface area (Å²) >= 11 is 3.45. The lowest BCUT2D eigenvalue weighted by Gasteiger charge is -2.32. The van der Waals surface area contributed by atoms with Crippen LogP contribution in [0.5, 0.6) is 11.5 Å². The van der Waals surface area contributed by atoms with E-state index in [1.807, 2.05) is 27.7 Å². The lowest BCUT2D eigenvalue weighted by Crippen LogP contribution is -2.41. The van der Waals surface area contributed by atoms with E-state index in [-0.39, 0.29) is 0 Å². The molecule has 1 aromatic carbocycles. The molecule has 0 aliphatic carbocycles. The molecular formula is C17H21BBrFO4. The van der Waals surface area contributed by atoms with Crippen LogP contribution in [0.2, 0.25) is 0 Å². The second-order valence-corrected chi connectivity index (χ2v) is 7.84. The van der Waals surface area contributed by atoms with E-state index in [1.165, 1.54) is 6.08 Å². The number of halogens is 2. The molecule has 0 saturated carbocycles. The van der Waals surface area contributed by atoms with E-state index in [9.17, 15) is 4.39 Å². The fourth-order valence-electron chi connectivity index (χ4n) is 2.48. The quantitative estimate of drug-likeness (QED) is 0.684. The topological polar surface area (TPSA) is 36.9 Å². The van der Waals surface area contributed by atoms with Crippen molar-refractivity contribution in [3.63, 3.8) is 0 Å². The molecule has 3 rings (SSSR count). The van der Waals surface area contributed by atoms with E-state index in [2.05, 4.69) is 15.9 Å². The molecule has 2 aliphatic heterocycles. The van der Waals surface area contributed by atoms with Crippen LogP contribution < -0.4 is 9.47 Å². The van der Waals surface area contributed by atoms with Gasteiger partial charge in [0.1, 0.15) is 5.73 Å². The Morgan fingerprint density at radius 3 is 2.21 bits per heavy atom. The maximum atomic E-state index is 14.7. The normalized spacial score (nSPS) is 22.4. The van der Waals surface area contributed by atoms with Crippen LogP contribution in [0.1, 0.15) is 39.7 Å². The molecule has 1 fully saturated rings. The average molecular weight is 399 g/mol. The van der Waals surface area contributed by atoms with Gasteiger partial charge in [-0.1, -0.05) is 15.9 Å². The minimum atomic E-state index is -1.02. The summed E-state index contributed by atoms with van der Waals surface area (Å²) in [6.45, 7) is 8.76. The molecule has 0 spiro atoms. The molecule has 130 valence electrons. The van der Waals surface area contributed by atoms with Crippen LogP contribution in [0.15, 0.2) is 22.3 Å². The van der Waals surface area contributed by atoms with Crippen molar-refractivity contribution < 1.29 is 23.2 Å². The molecule has 2 heterocycles. The van der Waals surface area contributed by atoms with Crippen molar-refractivity contribution in [2.45, 2.75) is 45.3 Å². The highest BCUT2D eigenvalue weighted by Crippen LogP contribution is 2.40. The Morgan fingerprint density at radius 2 is 1.62 bits per heavy atom. The SMILES string of the molecule is CC1(C)OB(C(F)=Cc2cc3c(cc2Br)OCCCO3)OC1(C)C. The van der Waals surface area contributed by atoms with Crippen LogP contribution in [0.25, 0.3) is 6.08 Å². The smallest absolute Gasteiger partial charge is 0.490 e.